The van der Waals surface area contributed by atoms with E-state index in [1.807, 2.05) is 25.7 Å². The Morgan fingerprint density at radius 2 is 1.88 bits per heavy atom. The third kappa shape index (κ3) is 5.49. The van der Waals surface area contributed by atoms with Crippen LogP contribution in [0.4, 0.5) is 4.79 Å². The second-order valence-corrected chi connectivity index (χ2v) is 10.9. The zero-order valence-electron chi connectivity index (χ0n) is 19.4. The molecule has 2 heterocycles. The molecule has 1 aliphatic heterocycles. The summed E-state index contributed by atoms with van der Waals surface area (Å²) in [6.07, 6.45) is 4.73. The summed E-state index contributed by atoms with van der Waals surface area (Å²) in [5, 5.41) is 3.93. The third-order valence-electron chi connectivity index (χ3n) is 5.86. The lowest BCUT2D eigenvalue weighted by Gasteiger charge is -2.35. The minimum Gasteiger partial charge on any atom is -0.444 e. The molecule has 2 aliphatic rings. The summed E-state index contributed by atoms with van der Waals surface area (Å²) in [5.74, 6) is 0.469. The van der Waals surface area contributed by atoms with Crippen LogP contribution in [-0.4, -0.2) is 46.6 Å². The third-order valence-corrected chi connectivity index (χ3v) is 7.12. The van der Waals surface area contributed by atoms with Crippen LogP contribution < -0.4 is 5.32 Å². The zero-order chi connectivity index (χ0) is 22.9. The molecule has 6 nitrogen and oxygen atoms in total. The Balaban J connectivity index is 1.55. The minimum absolute atomic E-state index is 0.0283. The number of likely N-dealkylation sites (tertiary alicyclic amines) is 1. The van der Waals surface area contributed by atoms with Crippen molar-refractivity contribution in [1.82, 2.24) is 15.2 Å². The molecule has 4 rings (SSSR count). The van der Waals surface area contributed by atoms with E-state index in [2.05, 4.69) is 36.5 Å². The zero-order valence-corrected chi connectivity index (χ0v) is 20.3. The topological polar surface area (TPSA) is 71.5 Å². The van der Waals surface area contributed by atoms with E-state index >= 15 is 0 Å². The minimum atomic E-state index is -0.547. The van der Waals surface area contributed by atoms with Crippen molar-refractivity contribution in [3.8, 4) is 10.4 Å². The largest absolute Gasteiger partial charge is 0.444 e. The number of hydrogen-bond donors (Lipinski definition) is 1. The number of carbonyl (C=O) groups excluding carboxylic acids is 2. The lowest BCUT2D eigenvalue weighted by Crippen LogP contribution is -2.50. The molecule has 0 spiro atoms. The van der Waals surface area contributed by atoms with Gasteiger partial charge in [0.05, 0.1) is 9.88 Å². The molecule has 1 aromatic heterocycles. The molecule has 1 aliphatic carbocycles. The molecule has 0 unspecified atom stereocenters. The number of aryl methyl sites for hydroxylation is 1. The lowest BCUT2D eigenvalue weighted by molar-refractivity contribution is 0.0461. The highest BCUT2D eigenvalue weighted by Crippen LogP contribution is 2.45. The quantitative estimate of drug-likeness (QED) is 0.645. The van der Waals surface area contributed by atoms with Crippen molar-refractivity contribution in [1.29, 1.82) is 0 Å². The number of alkyl carbamates (subject to hydrolysis) is 1. The van der Waals surface area contributed by atoms with E-state index < -0.39 is 11.7 Å². The molecule has 1 saturated heterocycles. The number of aromatic nitrogens is 1. The summed E-state index contributed by atoms with van der Waals surface area (Å²) in [7, 11) is 0. The number of thiazole rings is 1. The van der Waals surface area contributed by atoms with Gasteiger partial charge in [-0.2, -0.15) is 0 Å². The van der Waals surface area contributed by atoms with Gasteiger partial charge in [0.15, 0.2) is 0 Å². The van der Waals surface area contributed by atoms with Gasteiger partial charge in [0, 0.05) is 25.0 Å². The standard InChI is InChI=1S/C25H33N3O3S/c1-16-8-10-17(11-9-16)21-20(27-22(32-21)18-12-13-18)23(29)28-14-6-5-7-19(28)15-26-24(30)31-25(2,3)4/h8-11,18-19H,5-7,12-15H2,1-4H3,(H,26,30)/t19-/m0/s1. The number of ether oxygens (including phenoxy) is 1. The summed E-state index contributed by atoms with van der Waals surface area (Å²) >= 11 is 1.66. The Morgan fingerprint density at radius 3 is 2.53 bits per heavy atom. The second kappa shape index (κ2) is 9.22. The summed E-state index contributed by atoms with van der Waals surface area (Å²) in [6.45, 7) is 8.66. The van der Waals surface area contributed by atoms with E-state index in [1.165, 1.54) is 5.56 Å². The molecule has 7 heteroatoms. The smallest absolute Gasteiger partial charge is 0.407 e. The highest BCUT2D eigenvalue weighted by atomic mass is 32.1. The van der Waals surface area contributed by atoms with Crippen LogP contribution in [0.2, 0.25) is 0 Å². The SMILES string of the molecule is Cc1ccc(-c2sc(C3CC3)nc2C(=O)N2CCCC[C@H]2CNC(=O)OC(C)(C)C)cc1. The summed E-state index contributed by atoms with van der Waals surface area (Å²) < 4.78 is 5.37. The molecule has 0 bridgehead atoms. The number of nitrogens with one attached hydrogen (secondary N) is 1. The van der Waals surface area contributed by atoms with Crippen molar-refractivity contribution < 1.29 is 14.3 Å². The number of benzene rings is 1. The Kier molecular flexibility index (Phi) is 6.56. The van der Waals surface area contributed by atoms with Crippen molar-refractivity contribution in [3.05, 3.63) is 40.5 Å². The average Bonchev–Trinajstić information content (AvgIpc) is 3.50. The predicted octanol–water partition coefficient (Wildman–Crippen LogP) is 5.52. The van der Waals surface area contributed by atoms with Crippen LogP contribution in [0, 0.1) is 6.92 Å². The first-order valence-electron chi connectivity index (χ1n) is 11.6. The Morgan fingerprint density at radius 1 is 1.16 bits per heavy atom. The fraction of sp³-hybridized carbons (Fsp3) is 0.560. The van der Waals surface area contributed by atoms with E-state index in [0.717, 1.165) is 47.6 Å². The molecule has 2 fully saturated rings. The molecule has 2 amide bonds. The van der Waals surface area contributed by atoms with Gasteiger partial charge in [0.2, 0.25) is 0 Å². The average molecular weight is 456 g/mol. The van der Waals surface area contributed by atoms with Crippen LogP contribution in [-0.2, 0) is 4.74 Å². The maximum atomic E-state index is 13.7. The highest BCUT2D eigenvalue weighted by Gasteiger charge is 2.34. The van der Waals surface area contributed by atoms with Crippen LogP contribution in [0.1, 0.15) is 79.9 Å². The molecule has 32 heavy (non-hydrogen) atoms. The Bertz CT molecular complexity index is 973. The number of nitrogens with zero attached hydrogens (tertiary/aromatic N) is 2. The maximum Gasteiger partial charge on any atom is 0.407 e. The van der Waals surface area contributed by atoms with E-state index in [9.17, 15) is 9.59 Å². The van der Waals surface area contributed by atoms with Crippen molar-refractivity contribution in [2.45, 2.75) is 77.4 Å². The van der Waals surface area contributed by atoms with E-state index in [0.29, 0.717) is 24.7 Å². The number of amides is 2. The molecule has 2 aromatic rings. The predicted molar refractivity (Wildman–Crippen MR) is 127 cm³/mol. The van der Waals surface area contributed by atoms with Crippen LogP contribution in [0.5, 0.6) is 0 Å². The van der Waals surface area contributed by atoms with Gasteiger partial charge in [-0.1, -0.05) is 29.8 Å². The normalized spacial score (nSPS) is 19.0. The van der Waals surface area contributed by atoms with Crippen LogP contribution >= 0.6 is 11.3 Å². The first kappa shape index (κ1) is 22.8. The van der Waals surface area contributed by atoms with Crippen molar-refractivity contribution in [2.75, 3.05) is 13.1 Å². The maximum absolute atomic E-state index is 13.7. The van der Waals surface area contributed by atoms with Gasteiger partial charge in [-0.15, -0.1) is 11.3 Å². The molecule has 1 aromatic carbocycles. The monoisotopic (exact) mass is 455 g/mol. The Labute approximate surface area is 194 Å². The molecule has 1 saturated carbocycles. The van der Waals surface area contributed by atoms with Gasteiger partial charge in [0.1, 0.15) is 11.3 Å². The number of hydrogen-bond acceptors (Lipinski definition) is 5. The Hall–Kier alpha value is -2.41. The first-order valence-corrected chi connectivity index (χ1v) is 12.4. The molecule has 1 N–H and O–H groups in total. The van der Waals surface area contributed by atoms with Crippen LogP contribution in [0.25, 0.3) is 10.4 Å². The van der Waals surface area contributed by atoms with E-state index in [-0.39, 0.29) is 11.9 Å². The second-order valence-electron chi connectivity index (χ2n) is 9.90. The van der Waals surface area contributed by atoms with Gasteiger partial charge in [0.25, 0.3) is 5.91 Å². The van der Waals surface area contributed by atoms with Crippen molar-refractivity contribution in [2.24, 2.45) is 0 Å². The van der Waals surface area contributed by atoms with Crippen molar-refractivity contribution in [3.63, 3.8) is 0 Å². The van der Waals surface area contributed by atoms with Crippen LogP contribution in [0.3, 0.4) is 0 Å². The summed E-state index contributed by atoms with van der Waals surface area (Å²) in [5.41, 5.74) is 2.25. The molecular weight excluding hydrogens is 422 g/mol. The highest BCUT2D eigenvalue weighted by molar-refractivity contribution is 7.15. The molecule has 172 valence electrons. The number of piperidine rings is 1. The van der Waals surface area contributed by atoms with E-state index in [4.69, 9.17) is 9.72 Å². The summed E-state index contributed by atoms with van der Waals surface area (Å²) in [4.78, 5) is 33.6. The van der Waals surface area contributed by atoms with Gasteiger partial charge in [-0.05, 0) is 65.4 Å². The van der Waals surface area contributed by atoms with Crippen LogP contribution in [0.15, 0.2) is 24.3 Å². The van der Waals surface area contributed by atoms with E-state index in [1.54, 1.807) is 11.3 Å². The molecule has 1 atom stereocenters. The number of carbonyl (C=O) groups is 2. The summed E-state index contributed by atoms with van der Waals surface area (Å²) in [6, 6.07) is 8.26. The number of rotatable bonds is 5. The molecular formula is C25H33N3O3S. The first-order chi connectivity index (χ1) is 15.2. The van der Waals surface area contributed by atoms with Gasteiger partial charge >= 0.3 is 6.09 Å². The lowest BCUT2D eigenvalue weighted by atomic mass is 10.0. The van der Waals surface area contributed by atoms with Gasteiger partial charge in [-0.25, -0.2) is 9.78 Å². The fourth-order valence-corrected chi connectivity index (χ4v) is 5.25. The fourth-order valence-electron chi connectivity index (χ4n) is 4.02. The molecule has 0 radical (unpaired) electrons. The van der Waals surface area contributed by atoms with Gasteiger partial charge in [-0.3, -0.25) is 4.79 Å². The van der Waals surface area contributed by atoms with Crippen molar-refractivity contribution >= 4 is 23.3 Å². The van der Waals surface area contributed by atoms with Gasteiger partial charge < -0.3 is 15.0 Å².